The van der Waals surface area contributed by atoms with Crippen LogP contribution in [0.15, 0.2) is 30.5 Å². The van der Waals surface area contributed by atoms with Gasteiger partial charge in [0.05, 0.1) is 17.4 Å². The number of nitro groups is 1. The molecule has 2 rings (SSSR count). The molecule has 0 aliphatic carbocycles. The SMILES string of the molecule is COC(=O)c1ccc2ccc[n+](C)c2c1[N+](=O)[O-]. The van der Waals surface area contributed by atoms with E-state index in [0.717, 1.165) is 0 Å². The number of aryl methyl sites for hydroxylation is 1. The molecule has 0 N–H and O–H groups in total. The highest BCUT2D eigenvalue weighted by Gasteiger charge is 2.29. The number of nitrogens with zero attached hydrogens (tertiary/aromatic N) is 2. The highest BCUT2D eigenvalue weighted by atomic mass is 16.6. The number of hydrogen-bond acceptors (Lipinski definition) is 4. The van der Waals surface area contributed by atoms with Gasteiger partial charge in [-0.1, -0.05) is 0 Å². The third-order valence-corrected chi connectivity index (χ3v) is 2.71. The van der Waals surface area contributed by atoms with Crippen molar-refractivity contribution in [3.63, 3.8) is 0 Å². The van der Waals surface area contributed by atoms with Gasteiger partial charge in [0, 0.05) is 6.07 Å². The zero-order valence-corrected chi connectivity index (χ0v) is 9.91. The van der Waals surface area contributed by atoms with E-state index in [2.05, 4.69) is 4.74 Å². The number of fused-ring (bicyclic) bond motifs is 1. The van der Waals surface area contributed by atoms with E-state index in [-0.39, 0.29) is 11.3 Å². The van der Waals surface area contributed by atoms with Crippen molar-refractivity contribution in [1.82, 2.24) is 0 Å². The number of carbonyl (C=O) groups excluding carboxylic acids is 1. The Morgan fingerprint density at radius 1 is 1.39 bits per heavy atom. The number of nitro benzene ring substituents is 1. The first-order chi connectivity index (χ1) is 8.56. The molecular weight excluding hydrogens is 236 g/mol. The van der Waals surface area contributed by atoms with Crippen LogP contribution in [0.4, 0.5) is 5.69 Å². The summed E-state index contributed by atoms with van der Waals surface area (Å²) in [5.74, 6) is -0.715. The van der Waals surface area contributed by atoms with Crippen LogP contribution in [0, 0.1) is 10.1 Å². The smallest absolute Gasteiger partial charge is 0.355 e. The van der Waals surface area contributed by atoms with Crippen LogP contribution in [0.2, 0.25) is 0 Å². The molecule has 0 fully saturated rings. The standard InChI is InChI=1S/C12H11N2O4/c1-13-7-3-4-8-5-6-9(12(15)18-2)11(10(8)13)14(16)17/h3-7H,1-2H3/q+1. The van der Waals surface area contributed by atoms with Crippen LogP contribution >= 0.6 is 0 Å². The molecule has 6 nitrogen and oxygen atoms in total. The first-order valence-electron chi connectivity index (χ1n) is 5.20. The van der Waals surface area contributed by atoms with E-state index >= 15 is 0 Å². The van der Waals surface area contributed by atoms with Crippen molar-refractivity contribution >= 4 is 22.6 Å². The number of aromatic nitrogens is 1. The molecule has 0 spiro atoms. The monoisotopic (exact) mass is 247 g/mol. The highest BCUT2D eigenvalue weighted by Crippen LogP contribution is 2.27. The fourth-order valence-electron chi connectivity index (χ4n) is 1.91. The van der Waals surface area contributed by atoms with Gasteiger partial charge in [-0.2, -0.15) is 4.57 Å². The van der Waals surface area contributed by atoms with Crippen molar-refractivity contribution in [3.8, 4) is 0 Å². The maximum Gasteiger partial charge on any atom is 0.355 e. The Kier molecular flexibility index (Phi) is 2.93. The second-order valence-electron chi connectivity index (χ2n) is 3.77. The van der Waals surface area contributed by atoms with Crippen LogP contribution in [0.5, 0.6) is 0 Å². The molecule has 0 amide bonds. The van der Waals surface area contributed by atoms with Gasteiger partial charge in [-0.3, -0.25) is 10.1 Å². The summed E-state index contributed by atoms with van der Waals surface area (Å²) in [6.45, 7) is 0. The van der Waals surface area contributed by atoms with Crippen molar-refractivity contribution in [3.05, 3.63) is 46.1 Å². The van der Waals surface area contributed by atoms with Crippen LogP contribution in [-0.4, -0.2) is 18.0 Å². The topological polar surface area (TPSA) is 73.3 Å². The second kappa shape index (κ2) is 4.40. The summed E-state index contributed by atoms with van der Waals surface area (Å²) in [4.78, 5) is 22.2. The Morgan fingerprint density at radius 3 is 2.72 bits per heavy atom. The van der Waals surface area contributed by atoms with Gasteiger partial charge < -0.3 is 4.74 Å². The predicted octanol–water partition coefficient (Wildman–Crippen LogP) is 1.36. The number of methoxy groups -OCH3 is 1. The molecule has 1 aromatic carbocycles. The molecular formula is C12H11N2O4+. The number of carbonyl (C=O) groups is 1. The minimum atomic E-state index is -0.715. The lowest BCUT2D eigenvalue weighted by atomic mass is 10.1. The van der Waals surface area contributed by atoms with Crippen LogP contribution in [0.3, 0.4) is 0 Å². The van der Waals surface area contributed by atoms with Crippen molar-refractivity contribution in [2.24, 2.45) is 7.05 Å². The zero-order chi connectivity index (χ0) is 13.3. The summed E-state index contributed by atoms with van der Waals surface area (Å²) in [7, 11) is 2.89. The highest BCUT2D eigenvalue weighted by molar-refractivity contribution is 6.01. The fraction of sp³-hybridized carbons (Fsp3) is 0.167. The summed E-state index contributed by atoms with van der Waals surface area (Å²) in [5, 5.41) is 11.9. The normalized spacial score (nSPS) is 10.3. The van der Waals surface area contributed by atoms with Crippen molar-refractivity contribution in [2.75, 3.05) is 7.11 Å². The number of pyridine rings is 1. The van der Waals surface area contributed by atoms with Crippen molar-refractivity contribution in [2.45, 2.75) is 0 Å². The Morgan fingerprint density at radius 2 is 2.11 bits per heavy atom. The lowest BCUT2D eigenvalue weighted by Crippen LogP contribution is -2.29. The molecule has 0 aliphatic heterocycles. The van der Waals surface area contributed by atoms with Crippen LogP contribution in [0.1, 0.15) is 10.4 Å². The molecule has 1 aromatic heterocycles. The average Bonchev–Trinajstić information content (AvgIpc) is 2.36. The van der Waals surface area contributed by atoms with E-state index in [4.69, 9.17) is 0 Å². The molecule has 0 bridgehead atoms. The van der Waals surface area contributed by atoms with E-state index in [1.807, 2.05) is 0 Å². The number of hydrogen-bond donors (Lipinski definition) is 0. The van der Waals surface area contributed by atoms with Crippen molar-refractivity contribution in [1.29, 1.82) is 0 Å². The van der Waals surface area contributed by atoms with Crippen LogP contribution in [-0.2, 0) is 11.8 Å². The minimum absolute atomic E-state index is 0.0446. The number of benzene rings is 1. The molecule has 0 saturated carbocycles. The van der Waals surface area contributed by atoms with E-state index in [9.17, 15) is 14.9 Å². The van der Waals surface area contributed by atoms with Crippen LogP contribution in [0.25, 0.3) is 10.9 Å². The zero-order valence-electron chi connectivity index (χ0n) is 9.91. The Labute approximate surface area is 103 Å². The second-order valence-corrected chi connectivity index (χ2v) is 3.77. The van der Waals surface area contributed by atoms with Gasteiger partial charge in [0.2, 0.25) is 0 Å². The van der Waals surface area contributed by atoms with Crippen molar-refractivity contribution < 1.29 is 19.0 Å². The van der Waals surface area contributed by atoms with Gasteiger partial charge >= 0.3 is 11.7 Å². The number of rotatable bonds is 2. The molecule has 0 aliphatic rings. The summed E-state index contributed by atoms with van der Waals surface area (Å²) in [6.07, 6.45) is 1.69. The van der Waals surface area contributed by atoms with E-state index in [1.165, 1.54) is 13.2 Å². The average molecular weight is 247 g/mol. The summed E-state index contributed by atoms with van der Waals surface area (Å²) >= 11 is 0. The van der Waals surface area contributed by atoms with Crippen LogP contribution < -0.4 is 4.57 Å². The van der Waals surface area contributed by atoms with Gasteiger partial charge in [0.15, 0.2) is 6.20 Å². The lowest BCUT2D eigenvalue weighted by Gasteiger charge is -2.03. The first kappa shape index (κ1) is 12.0. The third kappa shape index (κ3) is 1.77. The predicted molar refractivity (Wildman–Crippen MR) is 63.1 cm³/mol. The maximum atomic E-state index is 11.6. The summed E-state index contributed by atoms with van der Waals surface area (Å²) in [6, 6.07) is 6.61. The number of ether oxygens (including phenoxy) is 1. The molecule has 0 unspecified atom stereocenters. The lowest BCUT2D eigenvalue weighted by molar-refractivity contribution is -0.646. The molecule has 1 heterocycles. The fourth-order valence-corrected chi connectivity index (χ4v) is 1.91. The van der Waals surface area contributed by atoms with Gasteiger partial charge in [-0.15, -0.1) is 0 Å². The van der Waals surface area contributed by atoms with E-state index in [0.29, 0.717) is 10.9 Å². The molecule has 0 radical (unpaired) electrons. The maximum absolute atomic E-state index is 11.6. The molecule has 2 aromatic rings. The minimum Gasteiger partial charge on any atom is -0.465 e. The molecule has 0 saturated heterocycles. The van der Waals surface area contributed by atoms with Gasteiger partial charge in [-0.25, -0.2) is 4.79 Å². The Bertz CT molecular complexity index is 652. The Hall–Kier alpha value is -2.50. The summed E-state index contributed by atoms with van der Waals surface area (Å²) in [5.41, 5.74) is 0.115. The van der Waals surface area contributed by atoms with E-state index < -0.39 is 10.9 Å². The molecule has 6 heteroatoms. The molecule has 92 valence electrons. The van der Waals surface area contributed by atoms with Gasteiger partial charge in [-0.05, 0) is 18.2 Å². The Balaban J connectivity index is 2.90. The largest absolute Gasteiger partial charge is 0.465 e. The van der Waals surface area contributed by atoms with Gasteiger partial charge in [0.1, 0.15) is 12.6 Å². The first-order valence-corrected chi connectivity index (χ1v) is 5.20. The number of esters is 1. The van der Waals surface area contributed by atoms with Gasteiger partial charge in [0.25, 0.3) is 5.52 Å². The molecule has 18 heavy (non-hydrogen) atoms. The van der Waals surface area contributed by atoms with E-state index in [1.54, 1.807) is 36.0 Å². The summed E-state index contributed by atoms with van der Waals surface area (Å²) < 4.78 is 6.17. The quantitative estimate of drug-likeness (QED) is 0.347. The molecule has 0 atom stereocenters. The third-order valence-electron chi connectivity index (χ3n) is 2.71.